The van der Waals surface area contributed by atoms with E-state index in [-0.39, 0.29) is 18.3 Å². The number of amides is 1. The number of hydrogen-bond donors (Lipinski definition) is 1. The van der Waals surface area contributed by atoms with Gasteiger partial charge >= 0.3 is 0 Å². The zero-order valence-corrected chi connectivity index (χ0v) is 14.9. The molecule has 7 nitrogen and oxygen atoms in total. The van der Waals surface area contributed by atoms with Crippen molar-refractivity contribution in [1.29, 1.82) is 0 Å². The van der Waals surface area contributed by atoms with E-state index in [1.54, 1.807) is 31.4 Å². The summed E-state index contributed by atoms with van der Waals surface area (Å²) in [7, 11) is 3.08. The van der Waals surface area contributed by atoms with Crippen molar-refractivity contribution in [3.8, 4) is 22.9 Å². The summed E-state index contributed by atoms with van der Waals surface area (Å²) < 4.78 is 15.5. The second kappa shape index (κ2) is 7.88. The largest absolute Gasteiger partial charge is 0.497 e. The molecule has 0 spiro atoms. The Hall–Kier alpha value is -3.06. The number of halogens is 1. The highest BCUT2D eigenvalue weighted by atomic mass is 35.5. The van der Waals surface area contributed by atoms with Crippen molar-refractivity contribution < 1.29 is 18.8 Å². The van der Waals surface area contributed by atoms with E-state index in [1.807, 2.05) is 12.1 Å². The number of benzene rings is 2. The number of rotatable bonds is 6. The lowest BCUT2D eigenvalue weighted by molar-refractivity contribution is 0.0943. The smallest absolute Gasteiger partial charge is 0.255 e. The second-order valence-corrected chi connectivity index (χ2v) is 5.70. The molecule has 0 radical (unpaired) electrons. The molecule has 0 aliphatic heterocycles. The van der Waals surface area contributed by atoms with Crippen LogP contribution in [0, 0.1) is 0 Å². The Labute approximate surface area is 154 Å². The van der Waals surface area contributed by atoms with Crippen molar-refractivity contribution in [3.05, 3.63) is 58.9 Å². The number of carbonyl (C=O) groups is 1. The molecule has 26 heavy (non-hydrogen) atoms. The maximum Gasteiger partial charge on any atom is 0.255 e. The van der Waals surface area contributed by atoms with Gasteiger partial charge in [0.05, 0.1) is 26.3 Å². The van der Waals surface area contributed by atoms with Gasteiger partial charge in [-0.3, -0.25) is 4.79 Å². The summed E-state index contributed by atoms with van der Waals surface area (Å²) in [6, 6.07) is 12.1. The monoisotopic (exact) mass is 373 g/mol. The zero-order chi connectivity index (χ0) is 18.5. The predicted octanol–water partition coefficient (Wildman–Crippen LogP) is 3.34. The molecule has 1 heterocycles. The van der Waals surface area contributed by atoms with Crippen molar-refractivity contribution in [1.82, 2.24) is 15.5 Å². The molecule has 1 N–H and O–H groups in total. The predicted molar refractivity (Wildman–Crippen MR) is 95.5 cm³/mol. The molecule has 0 atom stereocenters. The van der Waals surface area contributed by atoms with Gasteiger partial charge in [0, 0.05) is 10.6 Å². The van der Waals surface area contributed by atoms with E-state index in [4.69, 9.17) is 25.6 Å². The van der Waals surface area contributed by atoms with E-state index >= 15 is 0 Å². The molecule has 1 aromatic heterocycles. The minimum atomic E-state index is -0.353. The molecule has 3 aromatic rings. The van der Waals surface area contributed by atoms with Crippen molar-refractivity contribution in [2.24, 2.45) is 0 Å². The summed E-state index contributed by atoms with van der Waals surface area (Å²) in [6.45, 7) is 0.0810. The van der Waals surface area contributed by atoms with Crippen molar-refractivity contribution in [2.45, 2.75) is 6.54 Å². The van der Waals surface area contributed by atoms with Gasteiger partial charge in [-0.05, 0) is 42.5 Å². The van der Waals surface area contributed by atoms with Crippen molar-refractivity contribution >= 4 is 17.5 Å². The first kappa shape index (κ1) is 17.8. The standard InChI is InChI=1S/C18H16ClN3O4/c1-24-13-6-3-11(4-7-13)17-21-16(26-22-17)10-20-18(23)14-9-12(19)5-8-15(14)25-2/h3-9H,10H2,1-2H3,(H,20,23). The Bertz CT molecular complexity index is 909. The van der Waals surface area contributed by atoms with Crippen molar-refractivity contribution in [3.63, 3.8) is 0 Å². The van der Waals surface area contributed by atoms with Crippen LogP contribution in [0.15, 0.2) is 47.0 Å². The first-order valence-electron chi connectivity index (χ1n) is 7.69. The number of ether oxygens (including phenoxy) is 2. The molecule has 0 fully saturated rings. The molecular formula is C18H16ClN3O4. The third-order valence-electron chi connectivity index (χ3n) is 3.62. The molecule has 0 saturated carbocycles. The fourth-order valence-electron chi connectivity index (χ4n) is 2.29. The Morgan fingerprint density at radius 3 is 2.62 bits per heavy atom. The number of nitrogens with one attached hydrogen (secondary N) is 1. The van der Waals surface area contributed by atoms with Crippen molar-refractivity contribution in [2.75, 3.05) is 14.2 Å². The van der Waals surface area contributed by atoms with Crippen LogP contribution >= 0.6 is 11.6 Å². The second-order valence-electron chi connectivity index (χ2n) is 5.27. The third kappa shape index (κ3) is 3.94. The highest BCUT2D eigenvalue weighted by Crippen LogP contribution is 2.23. The van der Waals surface area contributed by atoms with Gasteiger partial charge in [0.2, 0.25) is 11.7 Å². The summed E-state index contributed by atoms with van der Waals surface area (Å²) in [5.41, 5.74) is 1.11. The molecule has 0 aliphatic rings. The van der Waals surface area contributed by atoms with Crippen LogP contribution in [-0.2, 0) is 6.54 Å². The average Bonchev–Trinajstić information content (AvgIpc) is 3.15. The Morgan fingerprint density at radius 2 is 1.92 bits per heavy atom. The third-order valence-corrected chi connectivity index (χ3v) is 3.86. The van der Waals surface area contributed by atoms with E-state index in [0.717, 1.165) is 11.3 Å². The molecular weight excluding hydrogens is 358 g/mol. The van der Waals surface area contributed by atoms with Gasteiger partial charge in [0.15, 0.2) is 0 Å². The summed E-state index contributed by atoms with van der Waals surface area (Å²) in [6.07, 6.45) is 0. The van der Waals surface area contributed by atoms with E-state index in [1.165, 1.54) is 13.2 Å². The summed E-state index contributed by atoms with van der Waals surface area (Å²) in [5.74, 6) is 1.52. The number of hydrogen-bond acceptors (Lipinski definition) is 6. The number of nitrogens with zero attached hydrogens (tertiary/aromatic N) is 2. The van der Waals surface area contributed by atoms with Crippen LogP contribution in [0.4, 0.5) is 0 Å². The lowest BCUT2D eigenvalue weighted by Gasteiger charge is -2.08. The number of carbonyl (C=O) groups excluding carboxylic acids is 1. The maximum absolute atomic E-state index is 12.3. The zero-order valence-electron chi connectivity index (χ0n) is 14.2. The lowest BCUT2D eigenvalue weighted by atomic mass is 10.2. The highest BCUT2D eigenvalue weighted by Gasteiger charge is 2.15. The maximum atomic E-state index is 12.3. The van der Waals surface area contributed by atoms with Crippen LogP contribution in [0.25, 0.3) is 11.4 Å². The molecule has 8 heteroatoms. The number of aromatic nitrogens is 2. The first-order valence-corrected chi connectivity index (χ1v) is 8.07. The van der Waals surface area contributed by atoms with Gasteiger partial charge in [0.1, 0.15) is 11.5 Å². The van der Waals surface area contributed by atoms with Gasteiger partial charge in [0.25, 0.3) is 5.91 Å². The van der Waals surface area contributed by atoms with Crippen LogP contribution in [0.2, 0.25) is 5.02 Å². The van der Waals surface area contributed by atoms with Crippen LogP contribution in [0.3, 0.4) is 0 Å². The molecule has 0 bridgehead atoms. The summed E-state index contributed by atoms with van der Waals surface area (Å²) >= 11 is 5.94. The summed E-state index contributed by atoms with van der Waals surface area (Å²) in [5, 5.41) is 7.06. The fourth-order valence-corrected chi connectivity index (χ4v) is 2.46. The van der Waals surface area contributed by atoms with Gasteiger partial charge < -0.3 is 19.3 Å². The average molecular weight is 374 g/mol. The highest BCUT2D eigenvalue weighted by molar-refractivity contribution is 6.31. The minimum Gasteiger partial charge on any atom is -0.497 e. The van der Waals surface area contributed by atoms with Gasteiger partial charge in [-0.15, -0.1) is 0 Å². The van der Waals surface area contributed by atoms with E-state index in [9.17, 15) is 4.79 Å². The van der Waals surface area contributed by atoms with E-state index < -0.39 is 0 Å². The molecule has 0 saturated heterocycles. The van der Waals surface area contributed by atoms with E-state index in [2.05, 4.69) is 15.5 Å². The lowest BCUT2D eigenvalue weighted by Crippen LogP contribution is -2.23. The number of methoxy groups -OCH3 is 2. The molecule has 1 amide bonds. The van der Waals surface area contributed by atoms with Gasteiger partial charge in [-0.1, -0.05) is 16.8 Å². The normalized spacial score (nSPS) is 10.4. The molecule has 0 unspecified atom stereocenters. The molecule has 0 aliphatic carbocycles. The fraction of sp³-hybridized carbons (Fsp3) is 0.167. The van der Waals surface area contributed by atoms with Gasteiger partial charge in [-0.25, -0.2) is 0 Å². The van der Waals surface area contributed by atoms with Crippen LogP contribution in [-0.4, -0.2) is 30.3 Å². The Balaban J connectivity index is 1.68. The van der Waals surface area contributed by atoms with Crippen LogP contribution < -0.4 is 14.8 Å². The van der Waals surface area contributed by atoms with Crippen LogP contribution in [0.1, 0.15) is 16.2 Å². The van der Waals surface area contributed by atoms with E-state index in [0.29, 0.717) is 22.2 Å². The first-order chi connectivity index (χ1) is 12.6. The quantitative estimate of drug-likeness (QED) is 0.713. The molecule has 3 rings (SSSR count). The molecule has 2 aromatic carbocycles. The van der Waals surface area contributed by atoms with Crippen LogP contribution in [0.5, 0.6) is 11.5 Å². The molecule has 134 valence electrons. The Morgan fingerprint density at radius 1 is 1.15 bits per heavy atom. The minimum absolute atomic E-state index is 0.0810. The SMILES string of the molecule is COc1ccc(-c2noc(CNC(=O)c3cc(Cl)ccc3OC)n2)cc1. The Kier molecular flexibility index (Phi) is 5.38. The summed E-state index contributed by atoms with van der Waals surface area (Å²) in [4.78, 5) is 16.6. The topological polar surface area (TPSA) is 86.5 Å². The van der Waals surface area contributed by atoms with Gasteiger partial charge in [-0.2, -0.15) is 4.98 Å².